The summed E-state index contributed by atoms with van der Waals surface area (Å²) in [7, 11) is 0. The molecule has 0 radical (unpaired) electrons. The molecule has 0 fully saturated rings. The Morgan fingerprint density at radius 2 is 1.84 bits per heavy atom. The number of para-hydroxylation sites is 1. The Balaban J connectivity index is 1.32. The molecule has 1 aromatic heterocycles. The van der Waals surface area contributed by atoms with Crippen molar-refractivity contribution < 1.29 is 9.53 Å². The number of nitrogen functional groups attached to an aromatic ring is 1. The highest BCUT2D eigenvalue weighted by atomic mass is 35.5. The van der Waals surface area contributed by atoms with Crippen molar-refractivity contribution in [3.05, 3.63) is 92.9 Å². The van der Waals surface area contributed by atoms with Gasteiger partial charge < -0.3 is 15.9 Å². The summed E-state index contributed by atoms with van der Waals surface area (Å²) in [5.41, 5.74) is 4.81. The molecule has 4 rings (SSSR count). The fourth-order valence-corrected chi connectivity index (χ4v) is 4.31. The fourth-order valence-electron chi connectivity index (χ4n) is 3.01. The Kier molecular flexibility index (Phi) is 9.13. The third kappa shape index (κ3) is 7.30. The number of rotatable bonds is 10. The lowest BCUT2D eigenvalue weighted by Gasteiger charge is -2.10. The highest BCUT2D eigenvalue weighted by Gasteiger charge is 2.13. The minimum absolute atomic E-state index is 0.0354. The second-order valence-electron chi connectivity index (χ2n) is 7.43. The quantitative estimate of drug-likeness (QED) is 0.0957. The van der Waals surface area contributed by atoms with Gasteiger partial charge in [-0.15, -0.1) is 10.2 Å². The third-order valence-corrected chi connectivity index (χ3v) is 6.69. The number of nitrogens with two attached hydrogens (primary N) is 1. The lowest BCUT2D eigenvalue weighted by Crippen LogP contribution is -2.17. The number of hydrazone groups is 1. The van der Waals surface area contributed by atoms with Gasteiger partial charge in [-0.05, 0) is 36.4 Å². The summed E-state index contributed by atoms with van der Waals surface area (Å²) >= 11 is 19.3. The van der Waals surface area contributed by atoms with E-state index in [1.165, 1.54) is 4.68 Å². The second kappa shape index (κ2) is 12.7. The second-order valence-corrected chi connectivity index (χ2v) is 9.62. The van der Waals surface area contributed by atoms with Crippen molar-refractivity contribution in [2.45, 2.75) is 11.8 Å². The summed E-state index contributed by atoms with van der Waals surface area (Å²) < 4.78 is 7.13. The van der Waals surface area contributed by atoms with Crippen LogP contribution in [0, 0.1) is 0 Å². The zero-order valence-electron chi connectivity index (χ0n) is 19.1. The van der Waals surface area contributed by atoms with Crippen molar-refractivity contribution in [3.8, 4) is 5.75 Å². The number of carbonyl (C=O) groups is 1. The van der Waals surface area contributed by atoms with E-state index in [1.54, 1.807) is 24.4 Å². The molecule has 37 heavy (non-hydrogen) atoms. The number of thioether (sulfide) groups is 1. The Bertz CT molecular complexity index is 1430. The number of aromatic nitrogens is 3. The molecule has 9 nitrogen and oxygen atoms in total. The van der Waals surface area contributed by atoms with E-state index in [0.717, 1.165) is 22.9 Å². The summed E-state index contributed by atoms with van der Waals surface area (Å²) in [6.45, 7) is 0.313. The van der Waals surface area contributed by atoms with Gasteiger partial charge in [0.2, 0.25) is 11.1 Å². The summed E-state index contributed by atoms with van der Waals surface area (Å²) in [5.74, 6) is 6.61. The highest BCUT2D eigenvalue weighted by Crippen LogP contribution is 2.26. The molecule has 4 aromatic rings. The van der Waals surface area contributed by atoms with Gasteiger partial charge in [0.25, 0.3) is 5.95 Å². The Labute approximate surface area is 231 Å². The van der Waals surface area contributed by atoms with Crippen molar-refractivity contribution in [3.63, 3.8) is 0 Å². The zero-order chi connectivity index (χ0) is 26.2. The van der Waals surface area contributed by atoms with Crippen LogP contribution in [0.2, 0.25) is 15.1 Å². The number of hydrogen-bond acceptors (Lipinski definition) is 8. The summed E-state index contributed by atoms with van der Waals surface area (Å²) in [4.78, 5) is 12.3. The van der Waals surface area contributed by atoms with E-state index < -0.39 is 0 Å². The minimum atomic E-state index is -0.293. The number of nitrogens with one attached hydrogen (secondary N) is 2. The molecule has 0 bridgehead atoms. The van der Waals surface area contributed by atoms with Gasteiger partial charge in [-0.2, -0.15) is 5.10 Å². The largest absolute Gasteiger partial charge is 0.488 e. The van der Waals surface area contributed by atoms with Crippen LogP contribution in [0.25, 0.3) is 0 Å². The number of amides is 1. The van der Waals surface area contributed by atoms with Crippen LogP contribution in [0.1, 0.15) is 11.1 Å². The molecule has 0 saturated carbocycles. The number of halogens is 3. The first-order chi connectivity index (χ1) is 17.9. The van der Waals surface area contributed by atoms with Gasteiger partial charge in [-0.3, -0.25) is 4.79 Å². The maximum absolute atomic E-state index is 12.3. The number of benzene rings is 3. The molecular formula is C24H20Cl3N7O2S. The summed E-state index contributed by atoms with van der Waals surface area (Å²) in [6, 6.07) is 19.7. The van der Waals surface area contributed by atoms with Crippen molar-refractivity contribution in [1.29, 1.82) is 0 Å². The van der Waals surface area contributed by atoms with E-state index in [2.05, 4.69) is 26.0 Å². The van der Waals surface area contributed by atoms with Crippen LogP contribution < -0.4 is 21.3 Å². The molecule has 190 valence electrons. The van der Waals surface area contributed by atoms with E-state index in [0.29, 0.717) is 38.3 Å². The topological polar surface area (TPSA) is 119 Å². The minimum Gasteiger partial charge on any atom is -0.488 e. The van der Waals surface area contributed by atoms with E-state index in [1.807, 2.05) is 48.5 Å². The predicted molar refractivity (Wildman–Crippen MR) is 149 cm³/mol. The lowest BCUT2D eigenvalue weighted by molar-refractivity contribution is -0.113. The first kappa shape index (κ1) is 26.6. The molecule has 1 heterocycles. The molecule has 1 amide bonds. The third-order valence-electron chi connectivity index (χ3n) is 4.83. The first-order valence-electron chi connectivity index (χ1n) is 10.7. The van der Waals surface area contributed by atoms with Gasteiger partial charge in [-0.25, -0.2) is 10.1 Å². The number of anilines is 2. The average molecular weight is 577 g/mol. The van der Waals surface area contributed by atoms with Crippen molar-refractivity contribution in [1.82, 2.24) is 14.9 Å². The standard InChI is InChI=1S/C24H20Cl3N7O2S/c25-17-9-10-20(19(27)11-17)30-22(35)14-37-24-33-32-23(34(24)28)31-29-12-15-5-2-4-8-21(15)36-13-16-6-1-3-7-18(16)26/h1-12H,13-14,28H2,(H,30,35)(H,31,32)/b29-12+. The van der Waals surface area contributed by atoms with E-state index in [-0.39, 0.29) is 17.6 Å². The van der Waals surface area contributed by atoms with E-state index in [4.69, 9.17) is 45.4 Å². The predicted octanol–water partition coefficient (Wildman–Crippen LogP) is 5.71. The van der Waals surface area contributed by atoms with Gasteiger partial charge >= 0.3 is 0 Å². The molecule has 0 spiro atoms. The van der Waals surface area contributed by atoms with Crippen molar-refractivity contribution >= 4 is 70.3 Å². The van der Waals surface area contributed by atoms with Gasteiger partial charge in [0, 0.05) is 21.2 Å². The van der Waals surface area contributed by atoms with Crippen LogP contribution in [0.5, 0.6) is 5.75 Å². The molecule has 0 unspecified atom stereocenters. The monoisotopic (exact) mass is 575 g/mol. The maximum atomic E-state index is 12.3. The molecular weight excluding hydrogens is 557 g/mol. The summed E-state index contributed by atoms with van der Waals surface area (Å²) in [6.07, 6.45) is 1.58. The van der Waals surface area contributed by atoms with Crippen LogP contribution in [-0.4, -0.2) is 32.7 Å². The number of hydrogen-bond donors (Lipinski definition) is 3. The Morgan fingerprint density at radius 3 is 2.65 bits per heavy atom. The molecule has 3 aromatic carbocycles. The Morgan fingerprint density at radius 1 is 1.05 bits per heavy atom. The van der Waals surface area contributed by atoms with Crippen LogP contribution in [0.4, 0.5) is 11.6 Å². The van der Waals surface area contributed by atoms with Gasteiger partial charge in [-0.1, -0.05) is 76.9 Å². The first-order valence-corrected chi connectivity index (χ1v) is 12.8. The SMILES string of the molecule is Nn1c(N/N=C/c2ccccc2OCc2ccccc2Cl)nnc1SCC(=O)Nc1ccc(Cl)cc1Cl. The Hall–Kier alpha value is -3.44. The number of ether oxygens (including phenoxy) is 1. The van der Waals surface area contributed by atoms with Crippen LogP contribution in [0.15, 0.2) is 77.0 Å². The molecule has 0 aliphatic carbocycles. The van der Waals surface area contributed by atoms with Crippen LogP contribution in [0.3, 0.4) is 0 Å². The molecule has 0 aliphatic heterocycles. The molecule has 13 heteroatoms. The van der Waals surface area contributed by atoms with Crippen LogP contribution >= 0.6 is 46.6 Å². The molecule has 0 atom stereocenters. The van der Waals surface area contributed by atoms with Gasteiger partial charge in [0.15, 0.2) is 0 Å². The average Bonchev–Trinajstić information content (AvgIpc) is 3.24. The lowest BCUT2D eigenvalue weighted by atomic mass is 10.2. The maximum Gasteiger partial charge on any atom is 0.264 e. The molecule has 4 N–H and O–H groups in total. The van der Waals surface area contributed by atoms with Gasteiger partial charge in [0.1, 0.15) is 12.4 Å². The van der Waals surface area contributed by atoms with Crippen molar-refractivity contribution in [2.75, 3.05) is 22.3 Å². The van der Waals surface area contributed by atoms with Crippen molar-refractivity contribution in [2.24, 2.45) is 5.10 Å². The zero-order valence-corrected chi connectivity index (χ0v) is 22.2. The molecule has 0 saturated heterocycles. The fraction of sp³-hybridized carbons (Fsp3) is 0.0833. The smallest absolute Gasteiger partial charge is 0.264 e. The number of nitrogens with zero attached hydrogens (tertiary/aromatic N) is 4. The van der Waals surface area contributed by atoms with E-state index in [9.17, 15) is 4.79 Å². The normalized spacial score (nSPS) is 11.0. The molecule has 0 aliphatic rings. The van der Waals surface area contributed by atoms with Gasteiger partial charge in [0.05, 0.1) is 22.7 Å². The number of carbonyl (C=O) groups excluding carboxylic acids is 1. The van der Waals surface area contributed by atoms with E-state index >= 15 is 0 Å². The summed E-state index contributed by atoms with van der Waals surface area (Å²) in [5, 5.41) is 16.6. The highest BCUT2D eigenvalue weighted by molar-refractivity contribution is 7.99. The van der Waals surface area contributed by atoms with Crippen LogP contribution in [-0.2, 0) is 11.4 Å².